The van der Waals surface area contributed by atoms with Crippen molar-refractivity contribution in [3.63, 3.8) is 0 Å². The molecule has 6 aromatic rings. The predicted octanol–water partition coefficient (Wildman–Crippen LogP) is 9.83. The van der Waals surface area contributed by atoms with Crippen LogP contribution >= 0.6 is 0 Å². The van der Waals surface area contributed by atoms with Crippen LogP contribution in [0.5, 0.6) is 0 Å². The maximum atomic E-state index is 12.9. The highest BCUT2D eigenvalue weighted by atomic mass is 32.2. The molecule has 6 rings (SSSR count). The fourth-order valence-corrected chi connectivity index (χ4v) is 6.16. The van der Waals surface area contributed by atoms with Gasteiger partial charge < -0.3 is 4.90 Å². The Morgan fingerprint density at radius 2 is 0.738 bits per heavy atom. The van der Waals surface area contributed by atoms with Gasteiger partial charge in [0.25, 0.3) is 0 Å². The van der Waals surface area contributed by atoms with E-state index >= 15 is 0 Å². The number of anilines is 3. The molecule has 0 fully saturated rings. The molecule has 0 heterocycles. The van der Waals surface area contributed by atoms with Gasteiger partial charge in [0.05, 0.1) is 9.79 Å². The first-order valence-electron chi connectivity index (χ1n) is 13.8. The highest BCUT2D eigenvalue weighted by Gasteiger charge is 2.17. The Bertz CT molecular complexity index is 1840. The maximum absolute atomic E-state index is 12.9. The third-order valence-electron chi connectivity index (χ3n) is 7.11. The van der Waals surface area contributed by atoms with Gasteiger partial charge in [-0.25, -0.2) is 8.42 Å². The molecule has 4 heteroatoms. The summed E-state index contributed by atoms with van der Waals surface area (Å²) in [5.74, 6) is 0. The van der Waals surface area contributed by atoms with Crippen molar-refractivity contribution in [1.82, 2.24) is 0 Å². The van der Waals surface area contributed by atoms with Crippen molar-refractivity contribution in [3.05, 3.63) is 175 Å². The minimum atomic E-state index is -3.53. The molecule has 0 aliphatic rings. The van der Waals surface area contributed by atoms with Gasteiger partial charge in [0.15, 0.2) is 0 Å². The van der Waals surface area contributed by atoms with Crippen LogP contribution in [0, 0.1) is 0 Å². The van der Waals surface area contributed by atoms with E-state index in [2.05, 4.69) is 114 Å². The number of para-hydroxylation sites is 2. The fraction of sp³-hybridized carbons (Fsp3) is 0. The van der Waals surface area contributed by atoms with Gasteiger partial charge in [-0.3, -0.25) is 0 Å². The van der Waals surface area contributed by atoms with Crippen LogP contribution in [0.25, 0.3) is 23.3 Å². The van der Waals surface area contributed by atoms with Crippen LogP contribution in [0.4, 0.5) is 17.1 Å². The molecule has 42 heavy (non-hydrogen) atoms. The Morgan fingerprint density at radius 3 is 1.21 bits per heavy atom. The number of benzene rings is 6. The van der Waals surface area contributed by atoms with Crippen LogP contribution in [0.3, 0.4) is 0 Å². The van der Waals surface area contributed by atoms with Gasteiger partial charge >= 0.3 is 0 Å². The second-order valence-electron chi connectivity index (χ2n) is 9.89. The minimum Gasteiger partial charge on any atom is -0.311 e. The Hall–Kier alpha value is -5.19. The molecule has 0 bridgehead atoms. The highest BCUT2D eigenvalue weighted by Crippen LogP contribution is 2.34. The monoisotopic (exact) mass is 563 g/mol. The van der Waals surface area contributed by atoms with E-state index in [-0.39, 0.29) is 0 Å². The molecule has 0 radical (unpaired) electrons. The Balaban J connectivity index is 1.16. The summed E-state index contributed by atoms with van der Waals surface area (Å²) in [4.78, 5) is 2.84. The van der Waals surface area contributed by atoms with Crippen molar-refractivity contribution in [3.8, 4) is 11.1 Å². The third kappa shape index (κ3) is 5.95. The molecule has 0 spiro atoms. The number of nitrogens with zero attached hydrogens (tertiary/aromatic N) is 1. The Kier molecular flexibility index (Phi) is 7.80. The summed E-state index contributed by atoms with van der Waals surface area (Å²) in [6.45, 7) is 0. The van der Waals surface area contributed by atoms with Gasteiger partial charge in [0.1, 0.15) is 0 Å². The second kappa shape index (κ2) is 12.1. The molecule has 0 saturated heterocycles. The second-order valence-corrected chi connectivity index (χ2v) is 11.8. The number of hydrogen-bond donors (Lipinski definition) is 0. The zero-order chi connectivity index (χ0) is 28.8. The molecule has 0 aromatic heterocycles. The molecule has 6 aromatic carbocycles. The SMILES string of the molecule is O=S(=O)(c1ccccc1)c1ccc(-c2ccc(C=Cc3ccc(N(c4ccccc4)c4ccccc4)cc3)cc2)cc1. The quantitative estimate of drug-likeness (QED) is 0.173. The number of hydrogen-bond acceptors (Lipinski definition) is 3. The van der Waals surface area contributed by atoms with E-state index in [4.69, 9.17) is 0 Å². The average molecular weight is 564 g/mol. The van der Waals surface area contributed by atoms with Gasteiger partial charge in [-0.05, 0) is 82.9 Å². The lowest BCUT2D eigenvalue weighted by atomic mass is 10.0. The van der Waals surface area contributed by atoms with Crippen LogP contribution in [0.15, 0.2) is 174 Å². The zero-order valence-electron chi connectivity index (χ0n) is 22.9. The molecule has 0 atom stereocenters. The van der Waals surface area contributed by atoms with Crippen LogP contribution in [0.2, 0.25) is 0 Å². The maximum Gasteiger partial charge on any atom is 0.206 e. The van der Waals surface area contributed by atoms with Gasteiger partial charge in [-0.1, -0.05) is 115 Å². The van der Waals surface area contributed by atoms with Gasteiger partial charge in [-0.2, -0.15) is 0 Å². The largest absolute Gasteiger partial charge is 0.311 e. The molecule has 0 aliphatic carbocycles. The van der Waals surface area contributed by atoms with Crippen LogP contribution < -0.4 is 4.90 Å². The summed E-state index contributed by atoms with van der Waals surface area (Å²) in [6.07, 6.45) is 4.21. The van der Waals surface area contributed by atoms with Crippen LogP contribution in [-0.2, 0) is 9.84 Å². The van der Waals surface area contributed by atoms with E-state index < -0.39 is 9.84 Å². The standard InChI is InChI=1S/C38H29NO2S/c40-42(41,37-14-8-3-9-15-37)38-28-24-33(25-29-38)32-22-18-30(19-23-32)16-17-31-20-26-36(27-21-31)39(34-10-4-1-5-11-34)35-12-6-2-7-13-35/h1-29H. The topological polar surface area (TPSA) is 37.4 Å². The fourth-order valence-electron chi connectivity index (χ4n) is 4.88. The molecular formula is C38H29NO2S. The normalized spacial score (nSPS) is 11.4. The predicted molar refractivity (Wildman–Crippen MR) is 174 cm³/mol. The first kappa shape index (κ1) is 27.0. The van der Waals surface area contributed by atoms with E-state index in [0.717, 1.165) is 39.3 Å². The molecule has 0 N–H and O–H groups in total. The minimum absolute atomic E-state index is 0.290. The first-order chi connectivity index (χ1) is 20.6. The molecule has 204 valence electrons. The zero-order valence-corrected chi connectivity index (χ0v) is 23.7. The molecule has 3 nitrogen and oxygen atoms in total. The molecule has 0 aliphatic heterocycles. The highest BCUT2D eigenvalue weighted by molar-refractivity contribution is 7.91. The first-order valence-corrected chi connectivity index (χ1v) is 15.3. The summed E-state index contributed by atoms with van der Waals surface area (Å²) in [7, 11) is -3.53. The van der Waals surface area contributed by atoms with Gasteiger partial charge in [0, 0.05) is 17.1 Å². The lowest BCUT2D eigenvalue weighted by molar-refractivity contribution is 0.596. The van der Waals surface area contributed by atoms with E-state index in [1.54, 1.807) is 36.4 Å². The molecule has 0 amide bonds. The van der Waals surface area contributed by atoms with E-state index in [9.17, 15) is 8.42 Å². The summed E-state index contributed by atoms with van der Waals surface area (Å²) < 4.78 is 25.8. The molecule has 0 saturated carbocycles. The summed E-state index contributed by atoms with van der Waals surface area (Å²) in [6, 6.07) is 53.1. The van der Waals surface area contributed by atoms with Crippen molar-refractivity contribution < 1.29 is 8.42 Å². The van der Waals surface area contributed by atoms with E-state index in [0.29, 0.717) is 9.79 Å². The van der Waals surface area contributed by atoms with Crippen molar-refractivity contribution in [2.45, 2.75) is 9.79 Å². The Morgan fingerprint density at radius 1 is 0.381 bits per heavy atom. The van der Waals surface area contributed by atoms with Crippen molar-refractivity contribution in [1.29, 1.82) is 0 Å². The van der Waals surface area contributed by atoms with Crippen molar-refractivity contribution in [2.24, 2.45) is 0 Å². The lowest BCUT2D eigenvalue weighted by Gasteiger charge is -2.25. The van der Waals surface area contributed by atoms with Crippen LogP contribution in [-0.4, -0.2) is 8.42 Å². The van der Waals surface area contributed by atoms with Crippen molar-refractivity contribution >= 4 is 39.1 Å². The van der Waals surface area contributed by atoms with E-state index in [1.807, 2.05) is 30.3 Å². The smallest absolute Gasteiger partial charge is 0.206 e. The summed E-state index contributed by atoms with van der Waals surface area (Å²) in [5.41, 5.74) is 7.51. The van der Waals surface area contributed by atoms with Crippen LogP contribution in [0.1, 0.15) is 11.1 Å². The average Bonchev–Trinajstić information content (AvgIpc) is 3.06. The summed E-state index contributed by atoms with van der Waals surface area (Å²) in [5, 5.41) is 0. The third-order valence-corrected chi connectivity index (χ3v) is 8.90. The van der Waals surface area contributed by atoms with Gasteiger partial charge in [0.2, 0.25) is 9.84 Å². The lowest BCUT2D eigenvalue weighted by Crippen LogP contribution is -2.09. The molecular weight excluding hydrogens is 534 g/mol. The number of sulfone groups is 1. The van der Waals surface area contributed by atoms with Crippen molar-refractivity contribution in [2.75, 3.05) is 4.90 Å². The van der Waals surface area contributed by atoms with Gasteiger partial charge in [-0.15, -0.1) is 0 Å². The summed E-state index contributed by atoms with van der Waals surface area (Å²) >= 11 is 0. The Labute approximate surface area is 247 Å². The molecule has 0 unspecified atom stereocenters. The number of rotatable bonds is 8. The van der Waals surface area contributed by atoms with E-state index in [1.165, 1.54) is 0 Å².